The van der Waals surface area contributed by atoms with Crippen LogP contribution in [0.15, 0.2) is 83.1 Å². The lowest BCUT2D eigenvalue weighted by molar-refractivity contribution is -0.119. The molecule has 1 heterocycles. The van der Waals surface area contributed by atoms with Crippen LogP contribution in [-0.4, -0.2) is 38.7 Å². The molecule has 0 fully saturated rings. The predicted molar refractivity (Wildman–Crippen MR) is 124 cm³/mol. The number of amides is 1. The summed E-state index contributed by atoms with van der Waals surface area (Å²) in [5.74, 6) is -0.0202. The van der Waals surface area contributed by atoms with E-state index in [4.69, 9.17) is 16.3 Å². The molecule has 0 radical (unpaired) electrons. The zero-order chi connectivity index (χ0) is 23.0. The van der Waals surface area contributed by atoms with Crippen molar-refractivity contribution in [1.82, 2.24) is 10.4 Å². The molecule has 8 nitrogen and oxygen atoms in total. The highest BCUT2D eigenvalue weighted by atomic mass is 35.5. The lowest BCUT2D eigenvalue weighted by Gasteiger charge is -2.24. The summed E-state index contributed by atoms with van der Waals surface area (Å²) in [5.41, 5.74) is 3.39. The fourth-order valence-electron chi connectivity index (χ4n) is 2.72. The minimum Gasteiger partial charge on any atom is -0.494 e. The van der Waals surface area contributed by atoms with Crippen molar-refractivity contribution in [1.29, 1.82) is 0 Å². The van der Waals surface area contributed by atoms with Crippen molar-refractivity contribution >= 4 is 39.4 Å². The molecule has 0 saturated carbocycles. The molecule has 10 heteroatoms. The summed E-state index contributed by atoms with van der Waals surface area (Å²) in [5, 5.41) is 4.28. The Morgan fingerprint density at radius 3 is 2.38 bits per heavy atom. The van der Waals surface area contributed by atoms with Crippen LogP contribution < -0.4 is 14.5 Å². The van der Waals surface area contributed by atoms with Crippen LogP contribution in [0.3, 0.4) is 0 Å². The Bertz CT molecular complexity index is 1170. The second kappa shape index (κ2) is 10.7. The van der Waals surface area contributed by atoms with Gasteiger partial charge in [-0.05, 0) is 73.2 Å². The SMILES string of the molecule is CCOc1ccc(N(CC(=O)N/N=C\c2ccncc2)S(=O)(=O)c2ccc(Cl)cc2)cc1. The first-order valence-corrected chi connectivity index (χ1v) is 11.4. The van der Waals surface area contributed by atoms with Crippen LogP contribution in [0.2, 0.25) is 5.02 Å². The van der Waals surface area contributed by atoms with Gasteiger partial charge in [0.25, 0.3) is 15.9 Å². The number of pyridine rings is 1. The molecular weight excluding hydrogens is 452 g/mol. The number of rotatable bonds is 9. The monoisotopic (exact) mass is 472 g/mol. The lowest BCUT2D eigenvalue weighted by Crippen LogP contribution is -2.39. The number of nitrogens with zero attached hydrogens (tertiary/aromatic N) is 3. The average molecular weight is 473 g/mol. The van der Waals surface area contributed by atoms with Gasteiger partial charge in [0.05, 0.1) is 23.4 Å². The minimum atomic E-state index is -4.06. The normalized spacial score (nSPS) is 11.3. The standard InChI is InChI=1S/C22H21ClN4O4S/c1-2-31-20-7-5-19(6-8-20)27(32(29,30)21-9-3-18(23)4-10-21)16-22(28)26-25-15-17-11-13-24-14-12-17/h3-15H,2,16H2,1H3,(H,26,28)/b25-15-. The quantitative estimate of drug-likeness (QED) is 0.379. The minimum absolute atomic E-state index is 0.00358. The molecule has 0 aliphatic carbocycles. The van der Waals surface area contributed by atoms with Gasteiger partial charge >= 0.3 is 0 Å². The van der Waals surface area contributed by atoms with Gasteiger partial charge in [-0.1, -0.05) is 11.6 Å². The Morgan fingerprint density at radius 2 is 1.75 bits per heavy atom. The molecule has 32 heavy (non-hydrogen) atoms. The maximum atomic E-state index is 13.3. The van der Waals surface area contributed by atoms with Gasteiger partial charge < -0.3 is 4.74 Å². The molecule has 0 spiro atoms. The lowest BCUT2D eigenvalue weighted by atomic mass is 10.3. The molecule has 1 aromatic heterocycles. The van der Waals surface area contributed by atoms with Gasteiger partial charge in [0.15, 0.2) is 0 Å². The highest BCUT2D eigenvalue weighted by molar-refractivity contribution is 7.92. The van der Waals surface area contributed by atoms with E-state index in [1.165, 1.54) is 30.5 Å². The molecule has 0 atom stereocenters. The summed E-state index contributed by atoms with van der Waals surface area (Å²) >= 11 is 5.89. The summed E-state index contributed by atoms with van der Waals surface area (Å²) in [6.45, 7) is 1.85. The van der Waals surface area contributed by atoms with Gasteiger partial charge in [0.2, 0.25) is 0 Å². The number of ether oxygens (including phenoxy) is 1. The van der Waals surface area contributed by atoms with Crippen LogP contribution in [0.5, 0.6) is 5.75 Å². The van der Waals surface area contributed by atoms with Crippen LogP contribution in [0.4, 0.5) is 5.69 Å². The summed E-state index contributed by atoms with van der Waals surface area (Å²) in [6.07, 6.45) is 4.62. The highest BCUT2D eigenvalue weighted by Crippen LogP contribution is 2.26. The number of halogens is 1. The zero-order valence-corrected chi connectivity index (χ0v) is 18.8. The van der Waals surface area contributed by atoms with E-state index in [0.717, 1.165) is 9.87 Å². The number of sulfonamides is 1. The number of hydrogen-bond acceptors (Lipinski definition) is 6. The molecule has 0 aliphatic rings. The molecule has 1 N–H and O–H groups in total. The van der Waals surface area contributed by atoms with E-state index >= 15 is 0 Å². The number of nitrogens with one attached hydrogen (secondary N) is 1. The Kier molecular flexibility index (Phi) is 7.80. The van der Waals surface area contributed by atoms with E-state index in [0.29, 0.717) is 23.1 Å². The summed E-state index contributed by atoms with van der Waals surface area (Å²) in [7, 11) is -4.06. The smallest absolute Gasteiger partial charge is 0.264 e. The number of benzene rings is 2. The first kappa shape index (κ1) is 23.2. The second-order valence-corrected chi connectivity index (χ2v) is 8.76. The van der Waals surface area contributed by atoms with Gasteiger partial charge in [0, 0.05) is 17.4 Å². The van der Waals surface area contributed by atoms with Crippen LogP contribution in [-0.2, 0) is 14.8 Å². The molecule has 3 aromatic rings. The fourth-order valence-corrected chi connectivity index (χ4v) is 4.27. The first-order valence-electron chi connectivity index (χ1n) is 9.63. The van der Waals surface area contributed by atoms with Crippen molar-refractivity contribution in [3.63, 3.8) is 0 Å². The number of carbonyl (C=O) groups excluding carboxylic acids is 1. The predicted octanol–water partition coefficient (Wildman–Crippen LogP) is 3.48. The Balaban J connectivity index is 1.85. The van der Waals surface area contributed by atoms with E-state index in [-0.39, 0.29) is 4.90 Å². The van der Waals surface area contributed by atoms with Gasteiger partial charge in [-0.15, -0.1) is 0 Å². The highest BCUT2D eigenvalue weighted by Gasteiger charge is 2.27. The van der Waals surface area contributed by atoms with Crippen LogP contribution >= 0.6 is 11.6 Å². The molecule has 0 bridgehead atoms. The van der Waals surface area contributed by atoms with Crippen LogP contribution in [0.25, 0.3) is 0 Å². The third-order valence-electron chi connectivity index (χ3n) is 4.23. The molecular formula is C22H21ClN4O4S. The Labute approximate surface area is 191 Å². The van der Waals surface area contributed by atoms with Crippen LogP contribution in [0.1, 0.15) is 12.5 Å². The van der Waals surface area contributed by atoms with Crippen molar-refractivity contribution in [3.05, 3.63) is 83.6 Å². The van der Waals surface area contributed by atoms with E-state index in [1.807, 2.05) is 6.92 Å². The zero-order valence-electron chi connectivity index (χ0n) is 17.2. The van der Waals surface area contributed by atoms with Gasteiger partial charge in [0.1, 0.15) is 12.3 Å². The van der Waals surface area contributed by atoms with E-state index < -0.39 is 22.5 Å². The number of carbonyl (C=O) groups is 1. The van der Waals surface area contributed by atoms with Crippen LogP contribution in [0, 0.1) is 0 Å². The average Bonchev–Trinajstić information content (AvgIpc) is 2.79. The maximum Gasteiger partial charge on any atom is 0.264 e. The van der Waals surface area contributed by atoms with Crippen molar-refractivity contribution in [2.75, 3.05) is 17.5 Å². The van der Waals surface area contributed by atoms with Crippen molar-refractivity contribution in [3.8, 4) is 5.75 Å². The molecule has 0 saturated heterocycles. The first-order chi connectivity index (χ1) is 15.4. The summed E-state index contributed by atoms with van der Waals surface area (Å²) in [4.78, 5) is 16.4. The maximum absolute atomic E-state index is 13.3. The topological polar surface area (TPSA) is 101 Å². The molecule has 0 aliphatic heterocycles. The van der Waals surface area contributed by atoms with Gasteiger partial charge in [-0.25, -0.2) is 13.8 Å². The van der Waals surface area contributed by atoms with Gasteiger partial charge in [-0.2, -0.15) is 5.10 Å². The summed E-state index contributed by atoms with van der Waals surface area (Å²) < 4.78 is 33.0. The van der Waals surface area contributed by atoms with E-state index in [1.54, 1.807) is 48.8 Å². The van der Waals surface area contributed by atoms with E-state index in [9.17, 15) is 13.2 Å². The number of aromatic nitrogens is 1. The molecule has 1 amide bonds. The number of hydrazone groups is 1. The Hall–Kier alpha value is -3.43. The van der Waals surface area contributed by atoms with Crippen molar-refractivity contribution < 1.29 is 17.9 Å². The molecule has 3 rings (SSSR count). The third kappa shape index (κ3) is 6.05. The third-order valence-corrected chi connectivity index (χ3v) is 6.27. The number of hydrogen-bond donors (Lipinski definition) is 1. The van der Waals surface area contributed by atoms with E-state index in [2.05, 4.69) is 15.5 Å². The molecule has 0 unspecified atom stereocenters. The largest absolute Gasteiger partial charge is 0.494 e. The fraction of sp³-hybridized carbons (Fsp3) is 0.136. The molecule has 166 valence electrons. The second-order valence-electron chi connectivity index (χ2n) is 6.47. The van der Waals surface area contributed by atoms with Gasteiger partial charge in [-0.3, -0.25) is 14.1 Å². The summed E-state index contributed by atoms with van der Waals surface area (Å²) in [6, 6.07) is 15.6. The molecule has 2 aromatic carbocycles. The Morgan fingerprint density at radius 1 is 1.09 bits per heavy atom. The van der Waals surface area contributed by atoms with Crippen molar-refractivity contribution in [2.24, 2.45) is 5.10 Å². The number of anilines is 1. The van der Waals surface area contributed by atoms with Crippen molar-refractivity contribution in [2.45, 2.75) is 11.8 Å².